The van der Waals surface area contributed by atoms with Crippen molar-refractivity contribution in [3.05, 3.63) is 322 Å². The lowest BCUT2D eigenvalue weighted by atomic mass is 9.85. The fourth-order valence-corrected chi connectivity index (χ4v) is 11.7. The van der Waals surface area contributed by atoms with Gasteiger partial charge in [-0.2, -0.15) is 0 Å². The minimum Gasteiger partial charge on any atom is -0.310 e. The van der Waals surface area contributed by atoms with Gasteiger partial charge in [-0.05, 0) is 158 Å². The number of anilines is 6. The Labute approximate surface area is 461 Å². The molecule has 14 rings (SSSR count). The summed E-state index contributed by atoms with van der Waals surface area (Å²) in [4.78, 5) is 4.78. The average molecular weight is 1010 g/mol. The molecule has 0 atom stereocenters. The molecule has 0 saturated carbocycles. The summed E-state index contributed by atoms with van der Waals surface area (Å²) >= 11 is 0. The van der Waals surface area contributed by atoms with Crippen LogP contribution in [0.15, 0.2) is 322 Å². The molecule has 1 heterocycles. The van der Waals surface area contributed by atoms with Crippen LogP contribution >= 0.6 is 0 Å². The van der Waals surface area contributed by atoms with Crippen molar-refractivity contribution in [1.82, 2.24) is 4.57 Å². The molecule has 0 aliphatic rings. The summed E-state index contributed by atoms with van der Waals surface area (Å²) in [6.45, 7) is 0. The summed E-state index contributed by atoms with van der Waals surface area (Å²) in [5.41, 5.74) is 21.6. The summed E-state index contributed by atoms with van der Waals surface area (Å²) in [5, 5.41) is 4.89. The van der Waals surface area contributed by atoms with Gasteiger partial charge in [0.25, 0.3) is 0 Å². The second-order valence-electron chi connectivity index (χ2n) is 20.0. The van der Waals surface area contributed by atoms with E-state index >= 15 is 0 Å². The fourth-order valence-electron chi connectivity index (χ4n) is 11.7. The molecule has 1 aromatic heterocycles. The lowest BCUT2D eigenvalue weighted by molar-refractivity contribution is 1.18. The minimum absolute atomic E-state index is 1.07. The maximum Gasteiger partial charge on any atom is 0.0561 e. The van der Waals surface area contributed by atoms with Crippen LogP contribution in [0.3, 0.4) is 0 Å². The van der Waals surface area contributed by atoms with E-state index in [9.17, 15) is 0 Å². The van der Waals surface area contributed by atoms with Gasteiger partial charge in [0.2, 0.25) is 0 Å². The Kier molecular flexibility index (Phi) is 12.2. The molecule has 0 radical (unpaired) electrons. The van der Waals surface area contributed by atoms with E-state index in [1.165, 1.54) is 49.3 Å². The first kappa shape index (κ1) is 47.0. The van der Waals surface area contributed by atoms with E-state index in [1.54, 1.807) is 0 Å². The largest absolute Gasteiger partial charge is 0.310 e. The number of para-hydroxylation sites is 4. The number of rotatable bonds is 12. The summed E-state index contributed by atoms with van der Waals surface area (Å²) < 4.78 is 2.39. The maximum atomic E-state index is 2.42. The van der Waals surface area contributed by atoms with Gasteiger partial charge >= 0.3 is 0 Å². The highest BCUT2D eigenvalue weighted by Crippen LogP contribution is 2.48. The molecule has 0 saturated heterocycles. The van der Waals surface area contributed by atoms with Crippen LogP contribution in [0.1, 0.15) is 0 Å². The third-order valence-electron chi connectivity index (χ3n) is 15.4. The smallest absolute Gasteiger partial charge is 0.0561 e. The maximum absolute atomic E-state index is 2.42. The highest BCUT2D eigenvalue weighted by atomic mass is 15.2. The van der Waals surface area contributed by atoms with Crippen LogP contribution in [0.25, 0.3) is 93.9 Å². The van der Waals surface area contributed by atoms with E-state index in [4.69, 9.17) is 0 Å². The van der Waals surface area contributed by atoms with Crippen molar-refractivity contribution in [2.24, 2.45) is 0 Å². The first-order valence-corrected chi connectivity index (χ1v) is 27.1. The van der Waals surface area contributed by atoms with Crippen molar-refractivity contribution in [3.8, 4) is 61.3 Å². The zero-order valence-corrected chi connectivity index (χ0v) is 43.4. The van der Waals surface area contributed by atoms with Gasteiger partial charge in [0.15, 0.2) is 0 Å². The molecule has 0 unspecified atom stereocenters. The minimum atomic E-state index is 1.07. The molecule has 0 aliphatic heterocycles. The lowest BCUT2D eigenvalue weighted by Crippen LogP contribution is -2.11. The molecular formula is C76H53N3. The topological polar surface area (TPSA) is 11.4 Å². The number of fused-ring (bicyclic) bond motifs is 4. The quantitative estimate of drug-likeness (QED) is 0.121. The van der Waals surface area contributed by atoms with Crippen LogP contribution in [0.5, 0.6) is 0 Å². The van der Waals surface area contributed by atoms with E-state index in [2.05, 4.69) is 336 Å². The predicted octanol–water partition coefficient (Wildman–Crippen LogP) is 21.2. The van der Waals surface area contributed by atoms with Gasteiger partial charge in [0, 0.05) is 50.5 Å². The lowest BCUT2D eigenvalue weighted by Gasteiger charge is -2.29. The average Bonchev–Trinajstić information content (AvgIpc) is 4.09. The van der Waals surface area contributed by atoms with Crippen molar-refractivity contribution in [2.75, 3.05) is 9.80 Å². The van der Waals surface area contributed by atoms with Gasteiger partial charge in [-0.25, -0.2) is 0 Å². The third-order valence-corrected chi connectivity index (χ3v) is 15.4. The van der Waals surface area contributed by atoms with Gasteiger partial charge < -0.3 is 14.4 Å². The molecule has 14 aromatic rings. The second kappa shape index (κ2) is 20.6. The molecule has 0 bridgehead atoms. The normalized spacial score (nSPS) is 11.3. The number of hydrogen-bond donors (Lipinski definition) is 0. The zero-order valence-electron chi connectivity index (χ0n) is 43.4. The molecule has 372 valence electrons. The van der Waals surface area contributed by atoms with Crippen molar-refractivity contribution in [1.29, 1.82) is 0 Å². The van der Waals surface area contributed by atoms with Crippen molar-refractivity contribution in [3.63, 3.8) is 0 Å². The van der Waals surface area contributed by atoms with E-state index < -0.39 is 0 Å². The van der Waals surface area contributed by atoms with Crippen LogP contribution in [0, 0.1) is 0 Å². The molecule has 0 amide bonds. The molecule has 0 fully saturated rings. The first-order chi connectivity index (χ1) is 39.2. The second-order valence-corrected chi connectivity index (χ2v) is 20.0. The third kappa shape index (κ3) is 8.80. The number of benzene rings is 13. The Morgan fingerprint density at radius 2 is 0.620 bits per heavy atom. The molecule has 13 aromatic carbocycles. The Bertz CT molecular complexity index is 4420. The van der Waals surface area contributed by atoms with Crippen molar-refractivity contribution >= 4 is 66.7 Å². The molecule has 0 N–H and O–H groups in total. The first-order valence-electron chi connectivity index (χ1n) is 27.1. The highest BCUT2D eigenvalue weighted by molar-refractivity contribution is 6.11. The Morgan fingerprint density at radius 3 is 1.18 bits per heavy atom. The number of aromatic nitrogens is 1. The molecule has 3 nitrogen and oxygen atoms in total. The van der Waals surface area contributed by atoms with Crippen LogP contribution in [-0.4, -0.2) is 4.57 Å². The highest BCUT2D eigenvalue weighted by Gasteiger charge is 2.23. The van der Waals surface area contributed by atoms with Gasteiger partial charge in [-0.3, -0.25) is 0 Å². The standard InChI is InChI=1S/C76H53N3/c1-7-23-54(24-8-1)69-53-72(58-41-46-64(47-42-58)78(61-32-15-5-16-33-61)74-50-43-56-27-19-20-36-66(56)76(74)59-28-11-3-12-29-59)70(55-25-9-2-10-26-55)52-71(69)57-39-44-63(45-40-57)77(60-30-13-4-14-31-60)65-48-49-68-67-37-21-22-38-73(67)79(75(68)51-65)62-34-17-6-18-35-62/h1-53H. The Hall–Kier alpha value is -10.5. The van der Waals surface area contributed by atoms with Gasteiger partial charge in [-0.15, -0.1) is 0 Å². The predicted molar refractivity (Wildman–Crippen MR) is 335 cm³/mol. The van der Waals surface area contributed by atoms with E-state index in [-0.39, 0.29) is 0 Å². The van der Waals surface area contributed by atoms with Gasteiger partial charge in [0.1, 0.15) is 0 Å². The summed E-state index contributed by atoms with van der Waals surface area (Å²) in [6, 6.07) is 117. The monoisotopic (exact) mass is 1010 g/mol. The molecule has 79 heavy (non-hydrogen) atoms. The summed E-state index contributed by atoms with van der Waals surface area (Å²) in [7, 11) is 0. The Morgan fingerprint density at radius 1 is 0.228 bits per heavy atom. The van der Waals surface area contributed by atoms with E-state index in [0.29, 0.717) is 0 Å². The van der Waals surface area contributed by atoms with Gasteiger partial charge in [-0.1, -0.05) is 224 Å². The molecule has 0 spiro atoms. The zero-order chi connectivity index (χ0) is 52.5. The van der Waals surface area contributed by atoms with Crippen LogP contribution in [-0.2, 0) is 0 Å². The van der Waals surface area contributed by atoms with Crippen LogP contribution in [0.4, 0.5) is 34.1 Å². The number of nitrogens with zero attached hydrogens (tertiary/aromatic N) is 3. The van der Waals surface area contributed by atoms with Crippen molar-refractivity contribution < 1.29 is 0 Å². The van der Waals surface area contributed by atoms with E-state index in [0.717, 1.165) is 78.7 Å². The van der Waals surface area contributed by atoms with E-state index in [1.807, 2.05) is 0 Å². The SMILES string of the molecule is c1ccc(-c2cc(-c3ccc(N(c4ccccc4)c4ccc5ccccc5c4-c4ccccc4)cc3)c(-c3ccccc3)cc2-c2ccc(N(c3ccccc3)c3ccc4c5ccccc5n(-c5ccccc5)c4c3)cc2)cc1. The van der Waals surface area contributed by atoms with Crippen LogP contribution in [0.2, 0.25) is 0 Å². The molecule has 3 heteroatoms. The van der Waals surface area contributed by atoms with Crippen molar-refractivity contribution in [2.45, 2.75) is 0 Å². The van der Waals surface area contributed by atoms with Crippen LogP contribution < -0.4 is 9.80 Å². The Balaban J connectivity index is 0.897. The summed E-state index contributed by atoms with van der Waals surface area (Å²) in [6.07, 6.45) is 0. The molecule has 0 aliphatic carbocycles. The molecular weight excluding hydrogens is 955 g/mol. The summed E-state index contributed by atoms with van der Waals surface area (Å²) in [5.74, 6) is 0. The van der Waals surface area contributed by atoms with Gasteiger partial charge in [0.05, 0.1) is 16.7 Å². The number of hydrogen-bond acceptors (Lipinski definition) is 2. The fraction of sp³-hybridized carbons (Fsp3) is 0.